The molecule has 1 saturated heterocycles. The van der Waals surface area contributed by atoms with E-state index in [4.69, 9.17) is 16.3 Å². The summed E-state index contributed by atoms with van der Waals surface area (Å²) in [6, 6.07) is 5.44. The number of methoxy groups -OCH3 is 1. The molecule has 2 N–H and O–H groups in total. The van der Waals surface area contributed by atoms with Crippen LogP contribution in [0.2, 0.25) is 5.02 Å². The highest BCUT2D eigenvalue weighted by Crippen LogP contribution is 2.30. The molecule has 0 unspecified atom stereocenters. The van der Waals surface area contributed by atoms with Gasteiger partial charge in [0.05, 0.1) is 30.5 Å². The first-order chi connectivity index (χ1) is 10.6. The molecule has 7 heteroatoms. The topological polar surface area (TPSA) is 72.2 Å². The summed E-state index contributed by atoms with van der Waals surface area (Å²) in [7, 11) is 1.60. The minimum atomic E-state index is -0.722. The SMILES string of the molecule is COc1ccc(-c2cn(CC3(O)CCNCC3)nn2)c(Cl)c1. The number of aliphatic hydroxyl groups is 1. The molecule has 0 radical (unpaired) electrons. The standard InChI is InChI=1S/C15H19ClN4O2/c1-22-11-2-3-12(13(16)8-11)14-9-20(19-18-14)10-15(21)4-6-17-7-5-15/h2-3,8-9,17,21H,4-7,10H2,1H3. The lowest BCUT2D eigenvalue weighted by Gasteiger charge is -2.32. The van der Waals surface area contributed by atoms with E-state index in [1.165, 1.54) is 0 Å². The first-order valence-corrected chi connectivity index (χ1v) is 7.65. The minimum absolute atomic E-state index is 0.440. The molecule has 0 bridgehead atoms. The fourth-order valence-corrected chi connectivity index (χ4v) is 2.95. The Morgan fingerprint density at radius 2 is 2.18 bits per heavy atom. The number of rotatable bonds is 4. The number of hydrogen-bond donors (Lipinski definition) is 2. The van der Waals surface area contributed by atoms with Gasteiger partial charge in [-0.05, 0) is 44.1 Å². The van der Waals surface area contributed by atoms with Crippen molar-refractivity contribution in [3.63, 3.8) is 0 Å². The summed E-state index contributed by atoms with van der Waals surface area (Å²) in [5.74, 6) is 0.699. The second-order valence-electron chi connectivity index (χ2n) is 5.62. The third-order valence-electron chi connectivity index (χ3n) is 3.98. The molecule has 1 aromatic carbocycles. The third-order valence-corrected chi connectivity index (χ3v) is 4.29. The van der Waals surface area contributed by atoms with Gasteiger partial charge in [0.2, 0.25) is 0 Å². The molecule has 6 nitrogen and oxygen atoms in total. The fraction of sp³-hybridized carbons (Fsp3) is 0.467. The summed E-state index contributed by atoms with van der Waals surface area (Å²) in [6.45, 7) is 2.08. The number of benzene rings is 1. The van der Waals surface area contributed by atoms with Crippen molar-refractivity contribution in [1.82, 2.24) is 20.3 Å². The maximum atomic E-state index is 10.6. The molecule has 1 fully saturated rings. The molecule has 22 heavy (non-hydrogen) atoms. The van der Waals surface area contributed by atoms with Gasteiger partial charge in [0.15, 0.2) is 0 Å². The molecule has 3 rings (SSSR count). The van der Waals surface area contributed by atoms with Gasteiger partial charge in [0.1, 0.15) is 11.4 Å². The predicted octanol–water partition coefficient (Wildman–Crippen LogP) is 1.72. The molecule has 0 aliphatic carbocycles. The van der Waals surface area contributed by atoms with E-state index < -0.39 is 5.60 Å². The summed E-state index contributed by atoms with van der Waals surface area (Å²) in [6.07, 6.45) is 3.24. The Balaban J connectivity index is 1.79. The zero-order chi connectivity index (χ0) is 15.6. The van der Waals surface area contributed by atoms with E-state index in [9.17, 15) is 5.11 Å². The Morgan fingerprint density at radius 3 is 2.86 bits per heavy atom. The van der Waals surface area contributed by atoms with Gasteiger partial charge in [-0.2, -0.15) is 0 Å². The third kappa shape index (κ3) is 3.24. The predicted molar refractivity (Wildman–Crippen MR) is 84.1 cm³/mol. The molecule has 1 aliphatic rings. The van der Waals surface area contributed by atoms with Crippen LogP contribution in [0.25, 0.3) is 11.3 Å². The molecule has 0 amide bonds. The van der Waals surface area contributed by atoms with Crippen molar-refractivity contribution in [2.24, 2.45) is 0 Å². The van der Waals surface area contributed by atoms with Crippen LogP contribution in [0, 0.1) is 0 Å². The first-order valence-electron chi connectivity index (χ1n) is 7.27. The van der Waals surface area contributed by atoms with Gasteiger partial charge in [-0.3, -0.25) is 0 Å². The highest BCUT2D eigenvalue weighted by atomic mass is 35.5. The van der Waals surface area contributed by atoms with Crippen LogP contribution in [0.3, 0.4) is 0 Å². The van der Waals surface area contributed by atoms with Gasteiger partial charge < -0.3 is 15.2 Å². The van der Waals surface area contributed by atoms with Crippen molar-refractivity contribution in [2.75, 3.05) is 20.2 Å². The van der Waals surface area contributed by atoms with E-state index in [0.29, 0.717) is 35.9 Å². The summed E-state index contributed by atoms with van der Waals surface area (Å²) < 4.78 is 6.82. The van der Waals surface area contributed by atoms with Crippen LogP contribution in [0.15, 0.2) is 24.4 Å². The van der Waals surface area contributed by atoms with Crippen molar-refractivity contribution in [2.45, 2.75) is 25.0 Å². The van der Waals surface area contributed by atoms with Gasteiger partial charge in [0.25, 0.3) is 0 Å². The van der Waals surface area contributed by atoms with E-state index in [1.807, 2.05) is 18.3 Å². The maximum Gasteiger partial charge on any atom is 0.120 e. The van der Waals surface area contributed by atoms with Crippen LogP contribution in [0.5, 0.6) is 5.75 Å². The lowest BCUT2D eigenvalue weighted by molar-refractivity contribution is -0.00864. The van der Waals surface area contributed by atoms with Crippen LogP contribution in [0.4, 0.5) is 0 Å². The molecule has 0 atom stereocenters. The number of nitrogens with zero attached hydrogens (tertiary/aromatic N) is 3. The van der Waals surface area contributed by atoms with E-state index in [0.717, 1.165) is 18.7 Å². The summed E-state index contributed by atoms with van der Waals surface area (Å²) in [5.41, 5.74) is 0.760. The summed E-state index contributed by atoms with van der Waals surface area (Å²) in [5, 5.41) is 22.6. The van der Waals surface area contributed by atoms with Crippen molar-refractivity contribution in [3.8, 4) is 17.0 Å². The monoisotopic (exact) mass is 322 g/mol. The molecule has 0 spiro atoms. The number of ether oxygens (including phenoxy) is 1. The number of hydrogen-bond acceptors (Lipinski definition) is 5. The Kier molecular flexibility index (Phi) is 4.33. The Labute approximate surface area is 134 Å². The largest absolute Gasteiger partial charge is 0.497 e. The van der Waals surface area contributed by atoms with Crippen LogP contribution in [-0.4, -0.2) is 45.9 Å². The van der Waals surface area contributed by atoms with E-state index in [1.54, 1.807) is 17.9 Å². The molecular weight excluding hydrogens is 304 g/mol. The number of piperidine rings is 1. The van der Waals surface area contributed by atoms with Crippen molar-refractivity contribution in [3.05, 3.63) is 29.4 Å². The zero-order valence-corrected chi connectivity index (χ0v) is 13.2. The quantitative estimate of drug-likeness (QED) is 0.897. The van der Waals surface area contributed by atoms with Gasteiger partial charge >= 0.3 is 0 Å². The zero-order valence-electron chi connectivity index (χ0n) is 12.4. The molecule has 2 aromatic rings. The maximum absolute atomic E-state index is 10.6. The van der Waals surface area contributed by atoms with Gasteiger partial charge in [-0.1, -0.05) is 16.8 Å². The fourth-order valence-electron chi connectivity index (χ4n) is 2.68. The molecule has 2 heterocycles. The molecule has 1 aliphatic heterocycles. The smallest absolute Gasteiger partial charge is 0.120 e. The Hall–Kier alpha value is -1.63. The average molecular weight is 323 g/mol. The second-order valence-corrected chi connectivity index (χ2v) is 6.03. The van der Waals surface area contributed by atoms with E-state index in [-0.39, 0.29) is 0 Å². The number of nitrogens with one attached hydrogen (secondary N) is 1. The normalized spacial score (nSPS) is 17.4. The lowest BCUT2D eigenvalue weighted by Crippen LogP contribution is -2.44. The van der Waals surface area contributed by atoms with Gasteiger partial charge in [-0.15, -0.1) is 5.10 Å². The van der Waals surface area contributed by atoms with Crippen molar-refractivity contribution >= 4 is 11.6 Å². The molecule has 1 aromatic heterocycles. The average Bonchev–Trinajstić information content (AvgIpc) is 2.95. The molecular formula is C15H19ClN4O2. The highest BCUT2D eigenvalue weighted by Gasteiger charge is 2.30. The van der Waals surface area contributed by atoms with Gasteiger partial charge in [-0.25, -0.2) is 4.68 Å². The minimum Gasteiger partial charge on any atom is -0.497 e. The van der Waals surface area contributed by atoms with Crippen molar-refractivity contribution < 1.29 is 9.84 Å². The molecule has 0 saturated carbocycles. The first kappa shape index (κ1) is 15.3. The number of aromatic nitrogens is 3. The van der Waals surface area contributed by atoms with E-state index >= 15 is 0 Å². The van der Waals surface area contributed by atoms with Crippen LogP contribution < -0.4 is 10.1 Å². The Morgan fingerprint density at radius 1 is 1.41 bits per heavy atom. The Bertz CT molecular complexity index is 653. The van der Waals surface area contributed by atoms with Crippen molar-refractivity contribution in [1.29, 1.82) is 0 Å². The second kappa shape index (κ2) is 6.24. The van der Waals surface area contributed by atoms with E-state index in [2.05, 4.69) is 15.6 Å². The van der Waals surface area contributed by atoms with Crippen LogP contribution in [0.1, 0.15) is 12.8 Å². The summed E-state index contributed by atoms with van der Waals surface area (Å²) in [4.78, 5) is 0. The lowest BCUT2D eigenvalue weighted by atomic mass is 9.92. The van der Waals surface area contributed by atoms with Gasteiger partial charge in [0, 0.05) is 5.56 Å². The highest BCUT2D eigenvalue weighted by molar-refractivity contribution is 6.33. The molecule has 118 valence electrons. The number of halogens is 1. The van der Waals surface area contributed by atoms with Crippen LogP contribution >= 0.6 is 11.6 Å². The summed E-state index contributed by atoms with van der Waals surface area (Å²) >= 11 is 6.26. The van der Waals surface area contributed by atoms with Crippen LogP contribution in [-0.2, 0) is 6.54 Å².